The van der Waals surface area contributed by atoms with Crippen molar-refractivity contribution in [1.29, 1.82) is 0 Å². The van der Waals surface area contributed by atoms with E-state index in [4.69, 9.17) is 0 Å². The largest absolute Gasteiger partial charge is 1.00 e. The predicted octanol–water partition coefficient (Wildman–Crippen LogP) is -1.10. The van der Waals surface area contributed by atoms with Crippen molar-refractivity contribution in [3.05, 3.63) is 96.6 Å². The predicted molar refractivity (Wildman–Crippen MR) is 94.1 cm³/mol. The van der Waals surface area contributed by atoms with Crippen LogP contribution < -0.4 is 68.4 Å². The van der Waals surface area contributed by atoms with Gasteiger partial charge in [0.25, 0.3) is 5.84 Å². The molecule has 0 atom stereocenters. The number of halogens is 1. The zero-order valence-corrected chi connectivity index (χ0v) is 18.2. The molecular formula is C19H16ClKN4O. The fourth-order valence-corrected chi connectivity index (χ4v) is 2.85. The van der Waals surface area contributed by atoms with Gasteiger partial charge in [-0.1, -0.05) is 64.3 Å². The maximum atomic E-state index is 4.52. The van der Waals surface area contributed by atoms with E-state index < -0.39 is 0 Å². The van der Waals surface area contributed by atoms with Gasteiger partial charge in [0.15, 0.2) is 11.4 Å². The second-order valence-electron chi connectivity index (χ2n) is 5.28. The molecular weight excluding hydrogens is 375 g/mol. The molecule has 0 amide bonds. The summed E-state index contributed by atoms with van der Waals surface area (Å²) in [4.78, 5) is 0. The van der Waals surface area contributed by atoms with E-state index in [2.05, 4.69) is 39.8 Å². The van der Waals surface area contributed by atoms with E-state index in [0.29, 0.717) is 0 Å². The first-order valence-corrected chi connectivity index (χ1v) is 7.48. The second kappa shape index (κ2) is 10.2. The van der Waals surface area contributed by atoms with Gasteiger partial charge in [0, 0.05) is 29.5 Å². The fourth-order valence-electron chi connectivity index (χ4n) is 2.85. The van der Waals surface area contributed by atoms with E-state index in [9.17, 15) is 0 Å². The normalized spacial score (nSPS) is 13.6. The number of amidine groups is 1. The van der Waals surface area contributed by atoms with Gasteiger partial charge in [-0.25, -0.2) is 0 Å². The molecule has 3 aromatic carbocycles. The van der Waals surface area contributed by atoms with Crippen molar-refractivity contribution in [1.82, 2.24) is 4.59 Å². The number of hydrogen-bond acceptors (Lipinski definition) is 4. The van der Waals surface area contributed by atoms with Crippen LogP contribution in [-0.2, 0) is 0 Å². The van der Waals surface area contributed by atoms with Crippen molar-refractivity contribution >= 4 is 17.2 Å². The summed E-state index contributed by atoms with van der Waals surface area (Å²) in [6, 6.07) is 30.3. The molecule has 7 heteroatoms. The van der Waals surface area contributed by atoms with Crippen molar-refractivity contribution in [3.8, 4) is 0 Å². The molecule has 5 nitrogen and oxygen atoms in total. The summed E-state index contributed by atoms with van der Waals surface area (Å²) in [5, 5.41) is 12.9. The standard InChI is InChI=1S/C19H15N4.ClH.K.H2O/c1-4-10-16(11-5-1)19-20-21-22-23(19,17-12-6-2-7-13-17)18-14-8-3-9-15-18;;;/h1-15H;1H;;1H2/q+1;;+1;/p-2. The summed E-state index contributed by atoms with van der Waals surface area (Å²) in [6.45, 7) is 0. The molecule has 1 aliphatic heterocycles. The Labute approximate surface area is 201 Å². The van der Waals surface area contributed by atoms with Crippen LogP contribution in [0.25, 0.3) is 0 Å². The monoisotopic (exact) mass is 390 g/mol. The number of nitrogens with zero attached hydrogens (tertiary/aromatic N) is 4. The molecule has 1 aliphatic rings. The van der Waals surface area contributed by atoms with Gasteiger partial charge in [-0.15, -0.1) is 0 Å². The van der Waals surface area contributed by atoms with Crippen molar-refractivity contribution in [2.75, 3.05) is 0 Å². The summed E-state index contributed by atoms with van der Waals surface area (Å²) in [7, 11) is 0. The van der Waals surface area contributed by atoms with Crippen molar-refractivity contribution in [3.63, 3.8) is 0 Å². The van der Waals surface area contributed by atoms with Crippen molar-refractivity contribution < 1.29 is 69.3 Å². The molecule has 0 saturated carbocycles. The maximum absolute atomic E-state index is 4.52. The van der Waals surface area contributed by atoms with E-state index in [0.717, 1.165) is 22.8 Å². The topological polar surface area (TPSA) is 67.1 Å². The van der Waals surface area contributed by atoms with Crippen LogP contribution >= 0.6 is 0 Å². The van der Waals surface area contributed by atoms with Crippen molar-refractivity contribution in [2.45, 2.75) is 0 Å². The van der Waals surface area contributed by atoms with Gasteiger partial charge in [-0.05, 0) is 12.1 Å². The van der Waals surface area contributed by atoms with E-state index >= 15 is 0 Å². The first-order chi connectivity index (χ1) is 11.4. The molecule has 0 aromatic heterocycles. The third-order valence-electron chi connectivity index (χ3n) is 3.91. The molecule has 0 spiro atoms. The minimum atomic E-state index is 0. The molecule has 4 rings (SSSR count). The number of rotatable bonds is 3. The average molecular weight is 391 g/mol. The van der Waals surface area contributed by atoms with E-state index in [1.807, 2.05) is 66.7 Å². The van der Waals surface area contributed by atoms with Crippen LogP contribution in [0.15, 0.2) is 107 Å². The zero-order valence-electron chi connectivity index (χ0n) is 14.3. The SMILES string of the molecule is [Cl-].[K+].[OH-].c1ccc(C2=NN=N[N+]2(c2ccccc2)c2ccccc2)cc1. The second-order valence-corrected chi connectivity index (χ2v) is 5.28. The summed E-state index contributed by atoms with van der Waals surface area (Å²) < 4.78 is 0.145. The smallest absolute Gasteiger partial charge is 1.00 e. The Balaban J connectivity index is 0.00000113. The van der Waals surface area contributed by atoms with Gasteiger partial charge in [0.1, 0.15) is 0 Å². The Morgan fingerprint density at radius 3 is 1.50 bits per heavy atom. The average Bonchev–Trinajstić information content (AvgIpc) is 3.10. The van der Waals surface area contributed by atoms with Gasteiger partial charge in [-0.2, -0.15) is 0 Å². The van der Waals surface area contributed by atoms with Crippen LogP contribution in [0.5, 0.6) is 0 Å². The Morgan fingerprint density at radius 1 is 0.615 bits per heavy atom. The molecule has 1 N–H and O–H groups in total. The Kier molecular flexibility index (Phi) is 8.95. The van der Waals surface area contributed by atoms with E-state index in [1.54, 1.807) is 0 Å². The molecule has 126 valence electrons. The van der Waals surface area contributed by atoms with Crippen LogP contribution in [0.3, 0.4) is 0 Å². The minimum Gasteiger partial charge on any atom is -1.00 e. The van der Waals surface area contributed by atoms with Crippen LogP contribution in [-0.4, -0.2) is 11.3 Å². The minimum absolute atomic E-state index is 0. The summed E-state index contributed by atoms with van der Waals surface area (Å²) >= 11 is 0. The summed E-state index contributed by atoms with van der Waals surface area (Å²) in [5.74, 6) is 0.794. The third kappa shape index (κ3) is 4.03. The number of benzene rings is 3. The van der Waals surface area contributed by atoms with Crippen LogP contribution in [0.2, 0.25) is 0 Å². The molecule has 3 aromatic rings. The van der Waals surface area contributed by atoms with Crippen LogP contribution in [0.4, 0.5) is 11.4 Å². The number of quaternary nitrogens is 1. The molecule has 0 unspecified atom stereocenters. The molecule has 1 heterocycles. The molecule has 0 bridgehead atoms. The fraction of sp³-hybridized carbons (Fsp3) is 0. The van der Waals surface area contributed by atoms with E-state index in [1.165, 1.54) is 0 Å². The summed E-state index contributed by atoms with van der Waals surface area (Å²) in [5.41, 5.74) is 3.01. The maximum Gasteiger partial charge on any atom is 1.00 e. The van der Waals surface area contributed by atoms with Gasteiger partial charge in [0.05, 0.1) is 10.8 Å². The van der Waals surface area contributed by atoms with Gasteiger partial charge in [0.2, 0.25) is 0 Å². The van der Waals surface area contributed by atoms with Gasteiger partial charge < -0.3 is 17.9 Å². The Hall–Kier alpha value is -1.22. The Bertz CT molecular complexity index is 834. The number of hydrogen-bond donors (Lipinski definition) is 0. The van der Waals surface area contributed by atoms with Crippen molar-refractivity contribution in [2.24, 2.45) is 15.5 Å². The number of para-hydroxylation sites is 2. The first-order valence-electron chi connectivity index (χ1n) is 7.48. The molecule has 0 saturated heterocycles. The van der Waals surface area contributed by atoms with Gasteiger partial charge in [-0.3, -0.25) is 0 Å². The van der Waals surface area contributed by atoms with Crippen LogP contribution in [0.1, 0.15) is 5.56 Å². The van der Waals surface area contributed by atoms with Crippen LogP contribution in [0, 0.1) is 0 Å². The summed E-state index contributed by atoms with van der Waals surface area (Å²) in [6.07, 6.45) is 0. The van der Waals surface area contributed by atoms with Gasteiger partial charge >= 0.3 is 51.4 Å². The Morgan fingerprint density at radius 2 is 1.04 bits per heavy atom. The molecule has 26 heavy (non-hydrogen) atoms. The molecule has 0 radical (unpaired) electrons. The molecule has 0 fully saturated rings. The zero-order chi connectivity index (χ0) is 15.5. The first kappa shape index (κ1) is 22.8. The van der Waals surface area contributed by atoms with E-state index in [-0.39, 0.29) is 73.9 Å². The molecule has 0 aliphatic carbocycles. The third-order valence-corrected chi connectivity index (χ3v) is 3.91. The quantitative estimate of drug-likeness (QED) is 0.413.